The van der Waals surface area contributed by atoms with Crippen molar-refractivity contribution in [2.75, 3.05) is 0 Å². The maximum absolute atomic E-state index is 11.9. The number of nitrogens with one attached hydrogen (secondary N) is 1. The molecule has 2 nitrogen and oxygen atoms in total. The number of hydrogen-bond donors (Lipinski definition) is 1. The van der Waals surface area contributed by atoms with Gasteiger partial charge in [0.2, 0.25) is 5.91 Å². The van der Waals surface area contributed by atoms with Crippen molar-refractivity contribution < 1.29 is 4.79 Å². The lowest BCUT2D eigenvalue weighted by Crippen LogP contribution is -2.19. The number of unbranched alkanes of at least 4 members (excludes halogenated alkanes) is 12. The smallest absolute Gasteiger partial charge is 0.229 e. The van der Waals surface area contributed by atoms with Gasteiger partial charge >= 0.3 is 0 Å². The van der Waals surface area contributed by atoms with E-state index in [9.17, 15) is 4.79 Å². The molecule has 164 valence electrons. The predicted molar refractivity (Wildman–Crippen MR) is 160 cm³/mol. The molecule has 0 bridgehead atoms. The third-order valence-electron chi connectivity index (χ3n) is 3.95. The molecule has 0 fully saturated rings. The van der Waals surface area contributed by atoms with E-state index in [0.717, 1.165) is 6.42 Å². The maximum atomic E-state index is 11.9. The lowest BCUT2D eigenvalue weighted by atomic mass is 10.0. The largest absolute Gasteiger partial charge is 0.298 e. The zero-order chi connectivity index (χ0) is 19.5. The van der Waals surface area contributed by atoms with Gasteiger partial charge in [-0.15, -0.1) is 0 Å². The van der Waals surface area contributed by atoms with Crippen LogP contribution in [0.4, 0.5) is 0 Å². The number of carbonyl (C=O) groups excluding carboxylic acids is 1. The number of hydrogen-bond acceptors (Lipinski definition) is 5. The van der Waals surface area contributed by atoms with Crippen molar-refractivity contribution in [3.05, 3.63) is 0 Å². The summed E-state index contributed by atoms with van der Waals surface area (Å²) in [6, 6.07) is 0. The molecule has 0 aromatic carbocycles. The average molecular weight is 791 g/mol. The van der Waals surface area contributed by atoms with Crippen molar-refractivity contribution in [1.29, 1.82) is 0 Å². The second kappa shape index (κ2) is 23.7. The molecule has 0 rings (SSSR count). The Kier molecular flexibility index (Phi) is 28.3. The topological polar surface area (TPSA) is 29.1 Å². The van der Waals surface area contributed by atoms with Gasteiger partial charge in [-0.3, -0.25) is 9.52 Å². The molecule has 0 saturated heterocycles. The molecule has 0 radical (unpaired) electrons. The van der Waals surface area contributed by atoms with Crippen LogP contribution in [-0.4, -0.2) is 6.00 Å². The first-order chi connectivity index (χ1) is 12.5. The Morgan fingerprint density at radius 1 is 0.852 bits per heavy atom. The Morgan fingerprint density at radius 2 is 1.30 bits per heavy atom. The van der Waals surface area contributed by atoms with E-state index in [1.807, 2.05) is 0 Å². The Morgan fingerprint density at radius 3 is 1.74 bits per heavy atom. The summed E-state index contributed by atoms with van der Waals surface area (Å²) in [5.41, 5.74) is 0. The van der Waals surface area contributed by atoms with E-state index in [1.54, 1.807) is 28.6 Å². The van der Waals surface area contributed by atoms with Crippen LogP contribution in [0.5, 0.6) is 0 Å². The van der Waals surface area contributed by atoms with Crippen molar-refractivity contribution in [2.24, 2.45) is 0 Å². The molecule has 0 aromatic rings. The van der Waals surface area contributed by atoms with Gasteiger partial charge in [-0.05, 0) is 92.1 Å². The van der Waals surface area contributed by atoms with E-state index < -0.39 is 0 Å². The van der Waals surface area contributed by atoms with Gasteiger partial charge in [0, 0.05) is 27.6 Å². The van der Waals surface area contributed by atoms with Crippen LogP contribution in [0.15, 0.2) is 0 Å². The minimum Gasteiger partial charge on any atom is -0.298 e. The van der Waals surface area contributed by atoms with Gasteiger partial charge in [0.1, 0.15) is 0 Å². The number of halogens is 3. The monoisotopic (exact) mass is 791 g/mol. The third-order valence-corrected chi connectivity index (χ3v) is 16.2. The van der Waals surface area contributed by atoms with E-state index in [-0.39, 0.29) is 13.4 Å². The maximum Gasteiger partial charge on any atom is 0.229 e. The minimum absolute atomic E-state index is 0. The third kappa shape index (κ3) is 25.2. The highest BCUT2D eigenvalue weighted by atomic mass is 127. The molecule has 1 N–H and O–H groups in total. The van der Waals surface area contributed by atoms with Gasteiger partial charge in [0.25, 0.3) is 0 Å². The van der Waals surface area contributed by atoms with Gasteiger partial charge in [-0.25, -0.2) is 0 Å². The molecule has 9 heteroatoms. The highest BCUT2D eigenvalue weighted by molar-refractivity contribution is 14.2. The molecule has 0 unspecified atom stereocenters. The van der Waals surface area contributed by atoms with E-state index in [4.69, 9.17) is 0 Å². The van der Waals surface area contributed by atoms with Gasteiger partial charge in [0.15, 0.2) is 0.0925 Å². The number of amides is 1. The normalized spacial score (nSPS) is 11.3. The Labute approximate surface area is 223 Å². The van der Waals surface area contributed by atoms with Gasteiger partial charge < -0.3 is 0 Å². The second-order valence-electron chi connectivity index (χ2n) is 6.30. The van der Waals surface area contributed by atoms with Crippen molar-refractivity contribution >= 4 is 113 Å². The van der Waals surface area contributed by atoms with E-state index in [1.165, 1.54) is 89.0 Å². The fourth-order valence-corrected chi connectivity index (χ4v) is 12.2. The second-order valence-corrected chi connectivity index (χ2v) is 22.6. The first-order valence-electron chi connectivity index (χ1n) is 9.49. The van der Waals surface area contributed by atoms with Crippen LogP contribution in [0.2, 0.25) is 0 Å². The summed E-state index contributed by atoms with van der Waals surface area (Å²) in [6.45, 7) is 2.28. The first-order valence-corrected chi connectivity index (χ1v) is 18.5. The number of carbonyl (C=O) groups is 1. The molecule has 0 aromatic heterocycles. The predicted octanol–water partition coefficient (Wildman–Crippen LogP) is 10.7. The summed E-state index contributed by atoms with van der Waals surface area (Å²) in [5.74, 6) is 0.170. The van der Waals surface area contributed by atoms with Crippen LogP contribution in [-0.2, 0) is 4.79 Å². The Bertz CT molecular complexity index is 340. The highest BCUT2D eigenvalue weighted by Crippen LogP contribution is 2.57. The van der Waals surface area contributed by atoms with Crippen LogP contribution in [0.1, 0.15) is 104 Å². The summed E-state index contributed by atoms with van der Waals surface area (Å²) in [5, 5.41) is 0. The standard InChI is InChI=1S/C17H32I3NOS4.CH4/c1-2-3-4-5-6-7-8-9-10-11-12-13-14-15-16(22)21-23-17(18,19)24-26-25-20;/h2-15H2,1H3,(H,21,22);1H4. The Balaban J connectivity index is 0. The molecule has 0 atom stereocenters. The fraction of sp³-hybridized carbons (Fsp3) is 0.944. The molecule has 0 spiro atoms. The van der Waals surface area contributed by atoms with Crippen LogP contribution < -0.4 is 4.72 Å². The van der Waals surface area contributed by atoms with Crippen molar-refractivity contribution in [3.8, 4) is 0 Å². The Hall–Kier alpha value is 3.06. The van der Waals surface area contributed by atoms with Crippen LogP contribution in [0.3, 0.4) is 0 Å². The highest BCUT2D eigenvalue weighted by Gasteiger charge is 2.26. The average Bonchev–Trinajstić information content (AvgIpc) is 2.62. The van der Waals surface area contributed by atoms with Gasteiger partial charge in [-0.2, -0.15) is 0 Å². The van der Waals surface area contributed by atoms with Crippen molar-refractivity contribution in [1.82, 2.24) is 4.72 Å². The van der Waals surface area contributed by atoms with Crippen LogP contribution in [0.25, 0.3) is 0 Å². The van der Waals surface area contributed by atoms with Gasteiger partial charge in [-0.1, -0.05) is 91.4 Å². The summed E-state index contributed by atoms with van der Waals surface area (Å²) < 4.78 is 2.94. The molecular weight excluding hydrogens is 755 g/mol. The molecule has 0 aliphatic rings. The summed E-state index contributed by atoms with van der Waals surface area (Å²) in [4.78, 5) is 11.9. The molecule has 1 amide bonds. The molecule has 27 heavy (non-hydrogen) atoms. The van der Waals surface area contributed by atoms with Crippen molar-refractivity contribution in [2.45, 2.75) is 104 Å². The SMILES string of the molecule is C.CCCCCCCCCCCCCCCC(=O)NSC(I)(I)SSSI. The van der Waals surface area contributed by atoms with E-state index >= 15 is 0 Å². The van der Waals surface area contributed by atoms with Crippen LogP contribution in [0, 0.1) is 0 Å². The molecular formula is C18H36I3NOS4. The fourth-order valence-electron chi connectivity index (χ4n) is 2.54. The minimum atomic E-state index is -0.0516. The summed E-state index contributed by atoms with van der Waals surface area (Å²) in [6.07, 6.45) is 18.1. The van der Waals surface area contributed by atoms with Crippen molar-refractivity contribution in [3.63, 3.8) is 0 Å². The quantitative estimate of drug-likeness (QED) is 0.0352. The van der Waals surface area contributed by atoms with E-state index in [2.05, 4.69) is 78.0 Å². The zero-order valence-electron chi connectivity index (χ0n) is 15.6. The summed E-state index contributed by atoms with van der Waals surface area (Å²) in [7, 11) is 5.21. The van der Waals surface area contributed by atoms with Gasteiger partial charge in [0.05, 0.1) is 0 Å². The number of rotatable bonds is 19. The summed E-state index contributed by atoms with van der Waals surface area (Å²) >= 11 is 8.52. The number of alkyl halides is 2. The van der Waals surface area contributed by atoms with Crippen LogP contribution >= 0.6 is 107 Å². The molecule has 0 saturated carbocycles. The lowest BCUT2D eigenvalue weighted by Gasteiger charge is -2.17. The zero-order valence-corrected chi connectivity index (χ0v) is 25.3. The molecule has 0 heterocycles. The molecule has 0 aliphatic heterocycles. The lowest BCUT2D eigenvalue weighted by molar-refractivity contribution is -0.119. The molecule has 0 aliphatic carbocycles. The first kappa shape index (κ1) is 32.2. The van der Waals surface area contributed by atoms with E-state index in [0.29, 0.717) is 6.42 Å².